The van der Waals surface area contributed by atoms with Crippen LogP contribution in [0.4, 0.5) is 5.69 Å². The number of nitrogens with zero attached hydrogens (tertiary/aromatic N) is 1. The normalized spacial score (nSPS) is 19.8. The molecule has 1 heterocycles. The fourth-order valence-corrected chi connectivity index (χ4v) is 3.98. The number of amides is 1. The zero-order chi connectivity index (χ0) is 16.2. The fraction of sp³-hybridized carbons (Fsp3) is 0.533. The summed E-state index contributed by atoms with van der Waals surface area (Å²) in [5.74, 6) is -0.228. The van der Waals surface area contributed by atoms with E-state index in [2.05, 4.69) is 21.9 Å². The van der Waals surface area contributed by atoms with Crippen LogP contribution in [0.15, 0.2) is 29.2 Å². The van der Waals surface area contributed by atoms with Gasteiger partial charge in [-0.25, -0.2) is 13.1 Å². The molecule has 1 fully saturated rings. The van der Waals surface area contributed by atoms with Gasteiger partial charge in [-0.15, -0.1) is 0 Å². The molecule has 1 amide bonds. The SMILES string of the molecule is CCN1CCCC(NS(=O)(=O)c2cccc(NC(C)=O)c2)C1. The Morgan fingerprint density at radius 2 is 2.18 bits per heavy atom. The Morgan fingerprint density at radius 3 is 2.86 bits per heavy atom. The molecule has 1 atom stereocenters. The lowest BCUT2D eigenvalue weighted by atomic mass is 10.1. The molecule has 1 aromatic rings. The van der Waals surface area contributed by atoms with Gasteiger partial charge in [0.15, 0.2) is 0 Å². The molecule has 0 bridgehead atoms. The molecule has 1 aliphatic heterocycles. The van der Waals surface area contributed by atoms with Crippen LogP contribution in [0.25, 0.3) is 0 Å². The highest BCUT2D eigenvalue weighted by Gasteiger charge is 2.24. The van der Waals surface area contributed by atoms with Crippen molar-refractivity contribution >= 4 is 21.6 Å². The quantitative estimate of drug-likeness (QED) is 0.858. The van der Waals surface area contributed by atoms with Crippen LogP contribution in [0.3, 0.4) is 0 Å². The van der Waals surface area contributed by atoms with E-state index >= 15 is 0 Å². The minimum atomic E-state index is -3.58. The zero-order valence-electron chi connectivity index (χ0n) is 13.0. The van der Waals surface area contributed by atoms with Crippen LogP contribution in [-0.2, 0) is 14.8 Å². The second-order valence-electron chi connectivity index (χ2n) is 5.56. The van der Waals surface area contributed by atoms with Gasteiger partial charge in [0, 0.05) is 25.2 Å². The first-order chi connectivity index (χ1) is 10.4. The van der Waals surface area contributed by atoms with Crippen molar-refractivity contribution in [2.24, 2.45) is 0 Å². The highest BCUT2D eigenvalue weighted by molar-refractivity contribution is 7.89. The highest BCUT2D eigenvalue weighted by atomic mass is 32.2. The molecule has 0 aromatic heterocycles. The summed E-state index contributed by atoms with van der Waals surface area (Å²) in [6.07, 6.45) is 1.84. The standard InChI is InChI=1S/C15H23N3O3S/c1-3-18-9-5-7-14(11-18)17-22(20,21)15-8-4-6-13(10-15)16-12(2)19/h4,6,8,10,14,17H,3,5,7,9,11H2,1-2H3,(H,16,19). The van der Waals surface area contributed by atoms with E-state index in [1.54, 1.807) is 12.1 Å². The minimum Gasteiger partial charge on any atom is -0.326 e. The average Bonchev–Trinajstić information content (AvgIpc) is 2.46. The number of carbonyl (C=O) groups excluding carboxylic acids is 1. The van der Waals surface area contributed by atoms with Crippen molar-refractivity contribution in [3.8, 4) is 0 Å². The van der Waals surface area contributed by atoms with Crippen molar-refractivity contribution in [1.82, 2.24) is 9.62 Å². The van der Waals surface area contributed by atoms with Crippen LogP contribution in [0.1, 0.15) is 26.7 Å². The van der Waals surface area contributed by atoms with Crippen molar-refractivity contribution in [3.05, 3.63) is 24.3 Å². The zero-order valence-corrected chi connectivity index (χ0v) is 13.8. The summed E-state index contributed by atoms with van der Waals surface area (Å²) in [5, 5.41) is 2.60. The molecule has 6 nitrogen and oxygen atoms in total. The van der Waals surface area contributed by atoms with E-state index in [0.29, 0.717) is 5.69 Å². The van der Waals surface area contributed by atoms with Crippen LogP contribution in [0.5, 0.6) is 0 Å². The molecule has 2 N–H and O–H groups in total. The van der Waals surface area contributed by atoms with Crippen molar-refractivity contribution < 1.29 is 13.2 Å². The van der Waals surface area contributed by atoms with Crippen LogP contribution >= 0.6 is 0 Å². The van der Waals surface area contributed by atoms with Gasteiger partial charge >= 0.3 is 0 Å². The summed E-state index contributed by atoms with van der Waals surface area (Å²) < 4.78 is 27.8. The second-order valence-corrected chi connectivity index (χ2v) is 7.28. The minimum absolute atomic E-state index is 0.0666. The van der Waals surface area contributed by atoms with Gasteiger partial charge in [-0.1, -0.05) is 13.0 Å². The maximum absolute atomic E-state index is 12.5. The Kier molecular flexibility index (Phi) is 5.55. The van der Waals surface area contributed by atoms with Gasteiger partial charge in [-0.05, 0) is 44.1 Å². The van der Waals surface area contributed by atoms with Gasteiger partial charge in [0.25, 0.3) is 0 Å². The number of hydrogen-bond donors (Lipinski definition) is 2. The number of nitrogens with one attached hydrogen (secondary N) is 2. The van der Waals surface area contributed by atoms with E-state index in [9.17, 15) is 13.2 Å². The molecule has 0 aliphatic carbocycles. The summed E-state index contributed by atoms with van der Waals surface area (Å²) in [4.78, 5) is 13.5. The summed E-state index contributed by atoms with van der Waals surface area (Å²) in [6, 6.07) is 6.24. The molecule has 0 saturated carbocycles. The van der Waals surface area contributed by atoms with Crippen molar-refractivity contribution in [2.75, 3.05) is 25.0 Å². The fourth-order valence-electron chi connectivity index (χ4n) is 2.67. The number of rotatable bonds is 5. The Hall–Kier alpha value is -1.44. The number of piperidine rings is 1. The van der Waals surface area contributed by atoms with E-state index < -0.39 is 10.0 Å². The number of benzene rings is 1. The Labute approximate surface area is 131 Å². The van der Waals surface area contributed by atoms with Gasteiger partial charge in [-0.3, -0.25) is 4.79 Å². The Balaban J connectivity index is 2.11. The maximum atomic E-state index is 12.5. The smallest absolute Gasteiger partial charge is 0.240 e. The van der Waals surface area contributed by atoms with E-state index in [4.69, 9.17) is 0 Å². The summed E-state index contributed by atoms with van der Waals surface area (Å²) >= 11 is 0. The van der Waals surface area contributed by atoms with Crippen molar-refractivity contribution in [2.45, 2.75) is 37.6 Å². The Bertz CT molecular complexity index is 631. The first-order valence-corrected chi connectivity index (χ1v) is 9.01. The molecular weight excluding hydrogens is 302 g/mol. The monoisotopic (exact) mass is 325 g/mol. The number of sulfonamides is 1. The van der Waals surface area contributed by atoms with Crippen LogP contribution < -0.4 is 10.0 Å². The third-order valence-electron chi connectivity index (χ3n) is 3.74. The maximum Gasteiger partial charge on any atom is 0.240 e. The van der Waals surface area contributed by atoms with Crippen LogP contribution in [0, 0.1) is 0 Å². The van der Waals surface area contributed by atoms with Crippen molar-refractivity contribution in [1.29, 1.82) is 0 Å². The molecule has 7 heteroatoms. The molecule has 1 aromatic carbocycles. The summed E-state index contributed by atoms with van der Waals surface area (Å²) in [6.45, 7) is 6.15. The number of anilines is 1. The summed E-state index contributed by atoms with van der Waals surface area (Å²) in [7, 11) is -3.58. The second kappa shape index (κ2) is 7.21. The molecule has 22 heavy (non-hydrogen) atoms. The van der Waals surface area contributed by atoms with Crippen LogP contribution in [0.2, 0.25) is 0 Å². The molecule has 0 radical (unpaired) electrons. The molecule has 1 unspecified atom stereocenters. The van der Waals surface area contributed by atoms with E-state index in [1.165, 1.54) is 19.1 Å². The number of likely N-dealkylation sites (N-methyl/N-ethyl adjacent to an activating group) is 1. The number of hydrogen-bond acceptors (Lipinski definition) is 4. The van der Waals surface area contributed by atoms with Crippen molar-refractivity contribution in [3.63, 3.8) is 0 Å². The van der Waals surface area contributed by atoms with Gasteiger partial charge in [0.05, 0.1) is 4.90 Å². The predicted molar refractivity (Wildman–Crippen MR) is 86.2 cm³/mol. The van der Waals surface area contributed by atoms with E-state index in [-0.39, 0.29) is 16.8 Å². The number of carbonyl (C=O) groups is 1. The Morgan fingerprint density at radius 1 is 1.41 bits per heavy atom. The molecule has 1 aliphatic rings. The molecule has 0 spiro atoms. The highest BCUT2D eigenvalue weighted by Crippen LogP contribution is 2.18. The first kappa shape index (κ1) is 16.9. The number of likely N-dealkylation sites (tertiary alicyclic amines) is 1. The topological polar surface area (TPSA) is 78.5 Å². The molecule has 1 saturated heterocycles. The van der Waals surface area contributed by atoms with E-state index in [0.717, 1.165) is 32.5 Å². The molecule has 122 valence electrons. The van der Waals surface area contributed by atoms with Gasteiger partial charge in [0.1, 0.15) is 0 Å². The predicted octanol–water partition coefficient (Wildman–Crippen LogP) is 1.41. The molecular formula is C15H23N3O3S. The molecule has 2 rings (SSSR count). The third kappa shape index (κ3) is 4.53. The largest absolute Gasteiger partial charge is 0.326 e. The summed E-state index contributed by atoms with van der Waals surface area (Å²) in [5.41, 5.74) is 0.481. The van der Waals surface area contributed by atoms with Crippen LogP contribution in [-0.4, -0.2) is 44.9 Å². The van der Waals surface area contributed by atoms with Gasteiger partial charge < -0.3 is 10.2 Å². The lowest BCUT2D eigenvalue weighted by Gasteiger charge is -2.32. The lowest BCUT2D eigenvalue weighted by molar-refractivity contribution is -0.114. The van der Waals surface area contributed by atoms with Gasteiger partial charge in [0.2, 0.25) is 15.9 Å². The van der Waals surface area contributed by atoms with E-state index in [1.807, 2.05) is 0 Å². The average molecular weight is 325 g/mol. The third-order valence-corrected chi connectivity index (χ3v) is 5.26. The lowest BCUT2D eigenvalue weighted by Crippen LogP contribution is -2.47. The van der Waals surface area contributed by atoms with Gasteiger partial charge in [-0.2, -0.15) is 0 Å². The first-order valence-electron chi connectivity index (χ1n) is 7.53.